The van der Waals surface area contributed by atoms with Crippen LogP contribution < -0.4 is 5.32 Å². The van der Waals surface area contributed by atoms with Gasteiger partial charge >= 0.3 is 12.1 Å². The maximum atomic E-state index is 13.2. The maximum Gasteiger partial charge on any atom is 0.407 e. The van der Waals surface area contributed by atoms with Crippen molar-refractivity contribution in [3.63, 3.8) is 0 Å². The molecule has 0 bridgehead atoms. The molecule has 1 amide bonds. The minimum Gasteiger partial charge on any atom is -0.481 e. The van der Waals surface area contributed by atoms with Gasteiger partial charge in [-0.25, -0.2) is 4.79 Å². The van der Waals surface area contributed by atoms with E-state index in [1.54, 1.807) is 0 Å². The minimum atomic E-state index is -2.41. The summed E-state index contributed by atoms with van der Waals surface area (Å²) in [7, 11) is -2.41. The second-order valence-corrected chi connectivity index (χ2v) is 19.5. The molecule has 11 heteroatoms. The molecule has 0 saturated carbocycles. The number of carboxylic acids is 1. The molecule has 1 aromatic heterocycles. The topological polar surface area (TPSA) is 128 Å². The van der Waals surface area contributed by atoms with Crippen LogP contribution in [-0.2, 0) is 26.8 Å². The van der Waals surface area contributed by atoms with Gasteiger partial charge in [0.05, 0.1) is 23.8 Å². The molecule has 0 aliphatic carbocycles. The van der Waals surface area contributed by atoms with Crippen molar-refractivity contribution in [2.45, 2.75) is 96.7 Å². The third-order valence-corrected chi connectivity index (χ3v) is 13.2. The summed E-state index contributed by atoms with van der Waals surface area (Å²) in [6.45, 7) is 16.2. The number of carboxylic acid groups (broad SMARTS) is 1. The van der Waals surface area contributed by atoms with Gasteiger partial charge in [0.2, 0.25) is 5.82 Å². The largest absolute Gasteiger partial charge is 0.481 e. The van der Waals surface area contributed by atoms with Crippen LogP contribution in [-0.4, -0.2) is 63.4 Å². The van der Waals surface area contributed by atoms with Gasteiger partial charge < -0.3 is 19.6 Å². The third-order valence-electron chi connectivity index (χ3n) is 8.66. The number of para-hydroxylation sites is 1. The first-order valence-electron chi connectivity index (χ1n) is 16.4. The van der Waals surface area contributed by atoms with Crippen molar-refractivity contribution in [2.75, 3.05) is 0 Å². The van der Waals surface area contributed by atoms with Gasteiger partial charge in [0.1, 0.15) is 5.60 Å². The van der Waals surface area contributed by atoms with E-state index in [4.69, 9.17) is 9.16 Å². The zero-order valence-electron chi connectivity index (χ0n) is 29.3. The van der Waals surface area contributed by atoms with Gasteiger partial charge in [-0.2, -0.15) is 0 Å². The molecule has 256 valence electrons. The average Bonchev–Trinajstić information content (AvgIpc) is 3.50. The van der Waals surface area contributed by atoms with Crippen LogP contribution >= 0.6 is 0 Å². The van der Waals surface area contributed by atoms with Crippen molar-refractivity contribution >= 4 is 20.4 Å². The lowest BCUT2D eigenvalue weighted by Gasteiger charge is -2.42. The second-order valence-electron chi connectivity index (χ2n) is 14.8. The van der Waals surface area contributed by atoms with Crippen LogP contribution in [0.5, 0.6) is 0 Å². The van der Waals surface area contributed by atoms with E-state index >= 15 is 0 Å². The molecule has 0 radical (unpaired) electrons. The Balaban J connectivity index is 1.60. The molecular weight excluding hydrogens is 623 g/mol. The molecule has 48 heavy (non-hydrogen) atoms. The first-order chi connectivity index (χ1) is 22.5. The number of amides is 1. The van der Waals surface area contributed by atoms with Gasteiger partial charge in [-0.05, 0) is 86.6 Å². The number of hydrogen-bond donors (Lipinski definition) is 2. The molecule has 0 aliphatic rings. The number of ether oxygens (including phenoxy) is 1. The highest BCUT2D eigenvalue weighted by molar-refractivity contribution is 6.74. The van der Waals surface area contributed by atoms with E-state index < -0.39 is 44.0 Å². The first kappa shape index (κ1) is 36.5. The van der Waals surface area contributed by atoms with Crippen LogP contribution in [0.1, 0.15) is 59.1 Å². The van der Waals surface area contributed by atoms with E-state index in [1.807, 2.05) is 106 Å². The number of nitrogens with zero attached hydrogens (tertiary/aromatic N) is 4. The van der Waals surface area contributed by atoms with Gasteiger partial charge in [-0.3, -0.25) is 4.79 Å². The number of nitrogens with one attached hydrogen (secondary N) is 1. The summed E-state index contributed by atoms with van der Waals surface area (Å²) in [5.41, 5.74) is 2.74. The fourth-order valence-electron chi connectivity index (χ4n) is 5.08. The molecule has 0 unspecified atom stereocenters. The van der Waals surface area contributed by atoms with Gasteiger partial charge in [-0.1, -0.05) is 93.6 Å². The Labute approximate surface area is 285 Å². The molecule has 4 rings (SSSR count). The summed E-state index contributed by atoms with van der Waals surface area (Å²) in [5.74, 6) is -1.23. The van der Waals surface area contributed by atoms with Crippen molar-refractivity contribution in [3.05, 3.63) is 96.1 Å². The molecular formula is C37H49N5O5Si. The summed E-state index contributed by atoms with van der Waals surface area (Å²) in [4.78, 5) is 27.5. The van der Waals surface area contributed by atoms with Crippen LogP contribution in [0.25, 0.3) is 17.1 Å². The highest BCUT2D eigenvalue weighted by Crippen LogP contribution is 2.39. The normalized spacial score (nSPS) is 14.2. The molecule has 0 spiro atoms. The number of aliphatic carboxylic acids is 1. The summed E-state index contributed by atoms with van der Waals surface area (Å²) in [6.07, 6.45) is -0.216. The van der Waals surface area contributed by atoms with Crippen molar-refractivity contribution in [1.29, 1.82) is 0 Å². The smallest absolute Gasteiger partial charge is 0.407 e. The van der Waals surface area contributed by atoms with Crippen molar-refractivity contribution in [1.82, 2.24) is 25.5 Å². The van der Waals surface area contributed by atoms with E-state index in [0.29, 0.717) is 12.2 Å². The first-order valence-corrected chi connectivity index (χ1v) is 19.3. The number of carbonyl (C=O) groups is 2. The number of benzene rings is 3. The van der Waals surface area contributed by atoms with Crippen molar-refractivity contribution in [3.8, 4) is 17.1 Å². The number of aromatic nitrogens is 4. The van der Waals surface area contributed by atoms with E-state index in [-0.39, 0.29) is 17.9 Å². The lowest BCUT2D eigenvalue weighted by atomic mass is 9.89. The second kappa shape index (κ2) is 15.2. The Hall–Kier alpha value is -4.35. The van der Waals surface area contributed by atoms with E-state index in [1.165, 1.54) is 4.80 Å². The lowest BCUT2D eigenvalue weighted by Crippen LogP contribution is -2.54. The summed E-state index contributed by atoms with van der Waals surface area (Å²) in [6, 6.07) is 26.4. The fraction of sp³-hybridized carbons (Fsp3) is 0.432. The Kier molecular flexibility index (Phi) is 11.6. The molecule has 4 aromatic rings. The van der Waals surface area contributed by atoms with Crippen LogP contribution in [0.3, 0.4) is 0 Å². The van der Waals surface area contributed by atoms with E-state index in [2.05, 4.69) is 54.6 Å². The Morgan fingerprint density at radius 2 is 1.44 bits per heavy atom. The quantitative estimate of drug-likeness (QED) is 0.140. The summed E-state index contributed by atoms with van der Waals surface area (Å²) < 4.78 is 12.6. The zero-order chi connectivity index (χ0) is 35.1. The van der Waals surface area contributed by atoms with Crippen molar-refractivity contribution < 1.29 is 23.9 Å². The highest BCUT2D eigenvalue weighted by Gasteiger charge is 2.42. The van der Waals surface area contributed by atoms with Crippen LogP contribution in [0.15, 0.2) is 84.9 Å². The number of hydrogen-bond acceptors (Lipinski definition) is 7. The van der Waals surface area contributed by atoms with Gasteiger partial charge in [-0.15, -0.1) is 15.0 Å². The number of rotatable bonds is 13. The Morgan fingerprint density at radius 3 is 2.00 bits per heavy atom. The van der Waals surface area contributed by atoms with Gasteiger partial charge in [0.25, 0.3) is 0 Å². The molecule has 10 nitrogen and oxygen atoms in total. The minimum absolute atomic E-state index is 0.139. The highest BCUT2D eigenvalue weighted by atomic mass is 28.4. The molecule has 0 saturated heterocycles. The summed E-state index contributed by atoms with van der Waals surface area (Å²) in [5, 5.41) is 26.3. The molecule has 3 atom stereocenters. The predicted molar refractivity (Wildman–Crippen MR) is 189 cm³/mol. The van der Waals surface area contributed by atoms with Gasteiger partial charge in [0, 0.05) is 5.56 Å². The molecule has 2 N–H and O–H groups in total. The van der Waals surface area contributed by atoms with E-state index in [9.17, 15) is 14.7 Å². The number of tetrazole rings is 1. The average molecular weight is 672 g/mol. The zero-order valence-corrected chi connectivity index (χ0v) is 30.3. The van der Waals surface area contributed by atoms with Crippen LogP contribution in [0.4, 0.5) is 4.79 Å². The molecule has 1 heterocycles. The van der Waals surface area contributed by atoms with E-state index in [0.717, 1.165) is 22.4 Å². The number of carbonyl (C=O) groups excluding carboxylic acids is 1. The molecule has 0 fully saturated rings. The maximum absolute atomic E-state index is 13.2. The van der Waals surface area contributed by atoms with Crippen LogP contribution in [0.2, 0.25) is 18.1 Å². The SMILES string of the molecule is CC(C)(C)OC(=O)N[C@@H](Cc1ccccc1)[C@H](C[C@@H](Cc1ccc(-c2nnn(-c3ccccc3)n2)cc1)C(=O)O)O[Si](C)(C)C(C)(C)C. The fourth-order valence-corrected chi connectivity index (χ4v) is 6.45. The Bertz CT molecular complexity index is 1630. The predicted octanol–water partition coefficient (Wildman–Crippen LogP) is 7.49. The van der Waals surface area contributed by atoms with Crippen molar-refractivity contribution in [2.24, 2.45) is 5.92 Å². The molecule has 3 aromatic carbocycles. The standard InChI is InChI=1S/C37H49N5O5Si/c1-36(2,3)46-35(45)38-31(24-26-15-11-9-12-16-26)32(47-48(7,8)37(4,5)6)25-29(34(43)44)23-27-19-21-28(22-20-27)33-39-41-42(40-33)30-17-13-10-14-18-30/h9-22,29,31-32H,23-25H2,1-8H3,(H,38,45)(H,43,44)/t29-,31+,32+/m1/s1. The summed E-state index contributed by atoms with van der Waals surface area (Å²) >= 11 is 0. The Morgan fingerprint density at radius 1 is 0.854 bits per heavy atom. The third kappa shape index (κ3) is 10.3. The van der Waals surface area contributed by atoms with Gasteiger partial charge in [0.15, 0.2) is 8.32 Å². The monoisotopic (exact) mass is 671 g/mol. The number of alkyl carbamates (subject to hydrolysis) is 1. The lowest BCUT2D eigenvalue weighted by molar-refractivity contribution is -0.142. The van der Waals surface area contributed by atoms with Crippen LogP contribution in [0, 0.1) is 5.92 Å². The molecule has 0 aliphatic heterocycles.